The molecule has 1 aromatic heterocycles. The first-order chi connectivity index (χ1) is 30.8. The van der Waals surface area contributed by atoms with E-state index in [1.54, 1.807) is 0 Å². The summed E-state index contributed by atoms with van der Waals surface area (Å²) in [5.74, 6) is 0. The molecule has 0 spiro atoms. The highest BCUT2D eigenvalue weighted by atomic mass is 14.7. The molecule has 1 nitrogen and oxygen atoms in total. The highest BCUT2D eigenvalue weighted by molar-refractivity contribution is 6.28. The zero-order valence-corrected chi connectivity index (χ0v) is 34.1. The second-order valence-corrected chi connectivity index (χ2v) is 16.8. The molecule has 0 fully saturated rings. The van der Waals surface area contributed by atoms with Gasteiger partial charge in [-0.2, -0.15) is 0 Å². The fourth-order valence-corrected chi connectivity index (χ4v) is 10.7. The summed E-state index contributed by atoms with van der Waals surface area (Å²) in [5.41, 5.74) is 12.0. The first-order valence-electron chi connectivity index (χ1n) is 21.8. The van der Waals surface area contributed by atoms with Crippen molar-refractivity contribution in [1.82, 2.24) is 4.98 Å². The lowest BCUT2D eigenvalue weighted by atomic mass is 9.81. The van der Waals surface area contributed by atoms with E-state index in [-0.39, 0.29) is 0 Å². The Balaban J connectivity index is 1.13. The van der Waals surface area contributed by atoms with Gasteiger partial charge in [0, 0.05) is 22.2 Å². The number of aryl methyl sites for hydroxylation is 1. The number of nitrogens with zero attached hydrogens (tertiary/aromatic N) is 1. The molecule has 13 rings (SSSR count). The van der Waals surface area contributed by atoms with Crippen LogP contribution < -0.4 is 0 Å². The van der Waals surface area contributed by atoms with Crippen LogP contribution in [-0.2, 0) is 6.42 Å². The van der Waals surface area contributed by atoms with Crippen LogP contribution in [0.3, 0.4) is 0 Å². The van der Waals surface area contributed by atoms with E-state index in [4.69, 9.17) is 4.98 Å². The summed E-state index contributed by atoms with van der Waals surface area (Å²) in [7, 11) is 0. The lowest BCUT2D eigenvalue weighted by molar-refractivity contribution is 0.935. The second-order valence-electron chi connectivity index (χ2n) is 16.8. The Kier molecular flexibility index (Phi) is 7.80. The predicted molar refractivity (Wildman–Crippen MR) is 266 cm³/mol. The molecule has 0 aliphatic heterocycles. The number of rotatable bonds is 4. The van der Waals surface area contributed by atoms with Crippen molar-refractivity contribution in [3.05, 3.63) is 218 Å². The molecule has 11 aromatic carbocycles. The van der Waals surface area contributed by atoms with Crippen molar-refractivity contribution in [2.24, 2.45) is 0 Å². The fraction of sp³-hybridized carbons (Fsp3) is 0.0328. The van der Waals surface area contributed by atoms with Gasteiger partial charge >= 0.3 is 0 Å². The molecule has 1 aliphatic rings. The van der Waals surface area contributed by atoms with Crippen LogP contribution in [0.15, 0.2) is 206 Å². The van der Waals surface area contributed by atoms with E-state index in [1.807, 2.05) is 0 Å². The number of hydrogen-bond acceptors (Lipinski definition) is 1. The molecule has 0 saturated heterocycles. The number of allylic oxidation sites excluding steroid dienone is 1. The van der Waals surface area contributed by atoms with Gasteiger partial charge in [-0.3, -0.25) is 4.98 Å². The summed E-state index contributed by atoms with van der Waals surface area (Å²) in [5, 5.41) is 17.5. The van der Waals surface area contributed by atoms with Crippen molar-refractivity contribution in [3.8, 4) is 44.6 Å². The molecule has 1 heterocycles. The van der Waals surface area contributed by atoms with Gasteiger partial charge < -0.3 is 0 Å². The molecule has 0 unspecified atom stereocenters. The largest absolute Gasteiger partial charge is 0.252 e. The monoisotopic (exact) mass is 785 g/mol. The van der Waals surface area contributed by atoms with Gasteiger partial charge in [-0.05, 0) is 141 Å². The minimum atomic E-state index is 0.961. The van der Waals surface area contributed by atoms with E-state index < -0.39 is 0 Å². The maximum atomic E-state index is 5.38. The van der Waals surface area contributed by atoms with E-state index in [9.17, 15) is 0 Å². The predicted octanol–water partition coefficient (Wildman–Crippen LogP) is 16.8. The minimum absolute atomic E-state index is 0.961. The lowest BCUT2D eigenvalue weighted by Crippen LogP contribution is -2.01. The van der Waals surface area contributed by atoms with Gasteiger partial charge in [-0.15, -0.1) is 0 Å². The smallest absolute Gasteiger partial charge is 0.0784 e. The number of pyridine rings is 1. The minimum Gasteiger partial charge on any atom is -0.252 e. The third kappa shape index (κ3) is 5.31. The Labute approximate surface area is 359 Å². The third-order valence-corrected chi connectivity index (χ3v) is 13.4. The van der Waals surface area contributed by atoms with Crippen molar-refractivity contribution in [3.63, 3.8) is 0 Å². The second kappa shape index (κ2) is 13.8. The zero-order chi connectivity index (χ0) is 40.7. The third-order valence-electron chi connectivity index (χ3n) is 13.4. The maximum absolute atomic E-state index is 5.38. The van der Waals surface area contributed by atoms with Gasteiger partial charge in [0.1, 0.15) is 0 Å². The van der Waals surface area contributed by atoms with Gasteiger partial charge in [0.05, 0.1) is 5.69 Å². The summed E-state index contributed by atoms with van der Waals surface area (Å²) in [6.45, 7) is 0. The van der Waals surface area contributed by atoms with Crippen LogP contribution in [0.2, 0.25) is 0 Å². The number of benzene rings is 11. The normalized spacial score (nSPS) is 12.6. The standard InChI is InChI=1S/C61H39N/c1-3-20-43-40(16-1)36-55(47-24-7-5-22-45(43)47)59-51-28-10-11-29-52(51)60(56-37-41-17-2-4-21-44(41)46-23-6-8-25-48(46)56)57-35-39(32-33-53(57)59)38-18-15-19-42(34-38)61-54-30-12-9-26-49(54)50-27-13-14-31-58(50)62-61/h1-13,15-30,32-37H,14,31H2. The van der Waals surface area contributed by atoms with Crippen LogP contribution in [0.5, 0.6) is 0 Å². The van der Waals surface area contributed by atoms with Crippen LogP contribution in [0.4, 0.5) is 0 Å². The van der Waals surface area contributed by atoms with E-state index >= 15 is 0 Å². The molecule has 0 amide bonds. The van der Waals surface area contributed by atoms with E-state index in [2.05, 4.69) is 212 Å². The molecule has 0 saturated carbocycles. The highest BCUT2D eigenvalue weighted by Crippen LogP contribution is 2.49. The van der Waals surface area contributed by atoms with Crippen LogP contribution in [0.1, 0.15) is 17.7 Å². The molecular formula is C61H39N. The Hall–Kier alpha value is -7.87. The van der Waals surface area contributed by atoms with Crippen molar-refractivity contribution in [2.75, 3.05) is 0 Å². The molecule has 0 bridgehead atoms. The summed E-state index contributed by atoms with van der Waals surface area (Å²) >= 11 is 0. The van der Waals surface area contributed by atoms with Crippen LogP contribution in [0.25, 0.3) is 126 Å². The highest BCUT2D eigenvalue weighted by Gasteiger charge is 2.22. The van der Waals surface area contributed by atoms with Crippen molar-refractivity contribution in [1.29, 1.82) is 0 Å². The van der Waals surface area contributed by atoms with Gasteiger partial charge in [0.15, 0.2) is 0 Å². The van der Waals surface area contributed by atoms with Crippen LogP contribution >= 0.6 is 0 Å². The number of hydrogen-bond donors (Lipinski definition) is 0. The molecule has 12 aromatic rings. The van der Waals surface area contributed by atoms with Gasteiger partial charge in [0.25, 0.3) is 0 Å². The maximum Gasteiger partial charge on any atom is 0.0784 e. The zero-order valence-electron chi connectivity index (χ0n) is 34.1. The molecule has 0 radical (unpaired) electrons. The summed E-state index contributed by atoms with van der Waals surface area (Å²) < 4.78 is 0. The van der Waals surface area contributed by atoms with Crippen molar-refractivity contribution < 1.29 is 0 Å². The first-order valence-corrected chi connectivity index (χ1v) is 21.8. The quantitative estimate of drug-likeness (QED) is 0.128. The van der Waals surface area contributed by atoms with Gasteiger partial charge in [0.2, 0.25) is 0 Å². The number of aromatic nitrogens is 1. The lowest BCUT2D eigenvalue weighted by Gasteiger charge is -2.21. The average Bonchev–Trinajstić information content (AvgIpc) is 3.35. The Morgan fingerprint density at radius 2 is 0.806 bits per heavy atom. The molecular weight excluding hydrogens is 747 g/mol. The van der Waals surface area contributed by atoms with Crippen LogP contribution in [0, 0.1) is 0 Å². The average molecular weight is 786 g/mol. The Bertz CT molecular complexity index is 3870. The molecule has 62 heavy (non-hydrogen) atoms. The van der Waals surface area contributed by atoms with E-state index in [1.165, 1.54) is 120 Å². The molecule has 288 valence electrons. The SMILES string of the molecule is C1=Cc2c(nc(-c3cccc(-c4ccc5c(-c6cc7ccccc7c7ccccc67)c6ccccc6c(-c6cc7ccccc7c7ccccc67)c5c4)c3)c3ccccc23)CC1. The van der Waals surface area contributed by atoms with Crippen LogP contribution in [-0.4, -0.2) is 4.98 Å². The molecule has 1 aliphatic carbocycles. The summed E-state index contributed by atoms with van der Waals surface area (Å²) in [4.78, 5) is 5.38. The van der Waals surface area contributed by atoms with E-state index in [0.717, 1.165) is 24.1 Å². The van der Waals surface area contributed by atoms with Crippen molar-refractivity contribution in [2.45, 2.75) is 12.8 Å². The Morgan fingerprint density at radius 1 is 0.323 bits per heavy atom. The molecule has 0 N–H and O–H groups in total. The fourth-order valence-electron chi connectivity index (χ4n) is 10.7. The number of fused-ring (bicyclic) bond motifs is 11. The van der Waals surface area contributed by atoms with Gasteiger partial charge in [-0.1, -0.05) is 188 Å². The van der Waals surface area contributed by atoms with Gasteiger partial charge in [-0.25, -0.2) is 0 Å². The molecule has 0 atom stereocenters. The topological polar surface area (TPSA) is 12.9 Å². The van der Waals surface area contributed by atoms with Crippen molar-refractivity contribution >= 4 is 81.5 Å². The molecule has 1 heteroatoms. The Morgan fingerprint density at radius 3 is 1.45 bits per heavy atom. The van der Waals surface area contributed by atoms with E-state index in [0.29, 0.717) is 0 Å². The summed E-state index contributed by atoms with van der Waals surface area (Å²) in [6.07, 6.45) is 6.53. The first kappa shape index (κ1) is 34.9. The summed E-state index contributed by atoms with van der Waals surface area (Å²) in [6, 6.07) is 74.5.